The number of aromatic nitrogens is 2. The highest BCUT2D eigenvalue weighted by Gasteiger charge is 2.30. The maximum absolute atomic E-state index is 5.08. The molecule has 122 valence electrons. The first kappa shape index (κ1) is 15.3. The van der Waals surface area contributed by atoms with Gasteiger partial charge in [-0.3, -0.25) is 0 Å². The Morgan fingerprint density at radius 1 is 0.958 bits per heavy atom. The van der Waals surface area contributed by atoms with Gasteiger partial charge in [0.2, 0.25) is 0 Å². The zero-order valence-electron chi connectivity index (χ0n) is 14.4. The number of nitrogens with zero attached hydrogens (tertiary/aromatic N) is 2. The third-order valence-corrected chi connectivity index (χ3v) is 5.44. The summed E-state index contributed by atoms with van der Waals surface area (Å²) in [5, 5.41) is 0. The minimum absolute atomic E-state index is 0.356. The lowest BCUT2D eigenvalue weighted by Crippen LogP contribution is -2.20. The fourth-order valence-electron chi connectivity index (χ4n) is 3.83. The molecule has 0 spiro atoms. The molecule has 1 aromatic carbocycles. The topological polar surface area (TPSA) is 25.8 Å². The summed E-state index contributed by atoms with van der Waals surface area (Å²) in [4.78, 5) is 9.96. The largest absolute Gasteiger partial charge is 0.233 e. The Labute approximate surface area is 144 Å². The van der Waals surface area contributed by atoms with Crippen LogP contribution in [0.25, 0.3) is 11.4 Å². The van der Waals surface area contributed by atoms with Crippen molar-refractivity contribution >= 4 is 0 Å². The molecule has 2 atom stereocenters. The standard InChI is InChI=1S/C22H24N2/c1-15-9-6-7-14-19(15)21-20(17-12-8-13-17)16(2)23-22(24-21)18-10-4-3-5-11-18/h3-7,9-11,14-15,17,19H,8,12-13H2,1-2H3. The lowest BCUT2D eigenvalue weighted by atomic mass is 9.75. The van der Waals surface area contributed by atoms with Crippen molar-refractivity contribution in [2.45, 2.75) is 44.9 Å². The van der Waals surface area contributed by atoms with Gasteiger partial charge in [0, 0.05) is 17.2 Å². The molecule has 1 fully saturated rings. The van der Waals surface area contributed by atoms with Crippen LogP contribution in [0.1, 0.15) is 55.0 Å². The molecule has 0 amide bonds. The fourth-order valence-corrected chi connectivity index (χ4v) is 3.83. The number of hydrogen-bond donors (Lipinski definition) is 0. The van der Waals surface area contributed by atoms with Gasteiger partial charge in [-0.2, -0.15) is 0 Å². The highest BCUT2D eigenvalue weighted by molar-refractivity contribution is 5.56. The summed E-state index contributed by atoms with van der Waals surface area (Å²) in [6.45, 7) is 4.45. The van der Waals surface area contributed by atoms with Gasteiger partial charge in [-0.1, -0.05) is 68.0 Å². The van der Waals surface area contributed by atoms with E-state index in [1.165, 1.54) is 36.2 Å². The summed E-state index contributed by atoms with van der Waals surface area (Å²) < 4.78 is 0. The minimum atomic E-state index is 0.356. The average Bonchev–Trinajstić information content (AvgIpc) is 2.56. The normalized spacial score (nSPS) is 23.2. The van der Waals surface area contributed by atoms with E-state index in [0.29, 0.717) is 17.8 Å². The van der Waals surface area contributed by atoms with Crippen molar-refractivity contribution < 1.29 is 0 Å². The minimum Gasteiger partial charge on any atom is -0.233 e. The molecule has 2 aliphatic rings. The third kappa shape index (κ3) is 2.71. The van der Waals surface area contributed by atoms with Crippen molar-refractivity contribution in [2.75, 3.05) is 0 Å². The van der Waals surface area contributed by atoms with Gasteiger partial charge in [0.25, 0.3) is 0 Å². The van der Waals surface area contributed by atoms with Gasteiger partial charge in [0.15, 0.2) is 5.82 Å². The highest BCUT2D eigenvalue weighted by Crippen LogP contribution is 2.43. The molecule has 2 heteroatoms. The van der Waals surface area contributed by atoms with Crippen LogP contribution < -0.4 is 0 Å². The lowest BCUT2D eigenvalue weighted by molar-refractivity contribution is 0.409. The molecule has 0 bridgehead atoms. The monoisotopic (exact) mass is 316 g/mol. The van der Waals surface area contributed by atoms with Crippen LogP contribution in [0.3, 0.4) is 0 Å². The van der Waals surface area contributed by atoms with Crippen molar-refractivity contribution in [2.24, 2.45) is 5.92 Å². The van der Waals surface area contributed by atoms with Crippen molar-refractivity contribution in [1.29, 1.82) is 0 Å². The molecule has 0 aliphatic heterocycles. The van der Waals surface area contributed by atoms with Crippen LogP contribution in [0.15, 0.2) is 54.6 Å². The van der Waals surface area contributed by atoms with Gasteiger partial charge in [-0.15, -0.1) is 0 Å². The molecule has 24 heavy (non-hydrogen) atoms. The number of hydrogen-bond acceptors (Lipinski definition) is 2. The zero-order chi connectivity index (χ0) is 16.5. The Morgan fingerprint density at radius 3 is 2.38 bits per heavy atom. The molecule has 2 nitrogen and oxygen atoms in total. The quantitative estimate of drug-likeness (QED) is 0.740. The SMILES string of the molecule is Cc1nc(-c2ccccc2)nc(C2C=CC=CC2C)c1C1CCC1. The van der Waals surface area contributed by atoms with Crippen LogP contribution >= 0.6 is 0 Å². The molecule has 2 aliphatic carbocycles. The number of allylic oxidation sites excluding steroid dienone is 4. The van der Waals surface area contributed by atoms with Crippen LogP contribution in [0.5, 0.6) is 0 Å². The molecule has 2 aromatic rings. The van der Waals surface area contributed by atoms with E-state index < -0.39 is 0 Å². The highest BCUT2D eigenvalue weighted by atomic mass is 14.9. The summed E-state index contributed by atoms with van der Waals surface area (Å²) in [7, 11) is 0. The van der Waals surface area contributed by atoms with Gasteiger partial charge < -0.3 is 0 Å². The smallest absolute Gasteiger partial charge is 0.159 e. The predicted molar refractivity (Wildman–Crippen MR) is 99.0 cm³/mol. The van der Waals surface area contributed by atoms with E-state index >= 15 is 0 Å². The lowest BCUT2D eigenvalue weighted by Gasteiger charge is -2.32. The Bertz CT molecular complexity index is 785. The third-order valence-electron chi connectivity index (χ3n) is 5.44. The van der Waals surface area contributed by atoms with E-state index in [4.69, 9.17) is 9.97 Å². The molecule has 1 heterocycles. The second-order valence-electron chi connectivity index (χ2n) is 7.08. The van der Waals surface area contributed by atoms with Crippen molar-refractivity contribution in [3.63, 3.8) is 0 Å². The fraction of sp³-hybridized carbons (Fsp3) is 0.364. The Balaban J connectivity index is 1.86. The van der Waals surface area contributed by atoms with E-state index in [9.17, 15) is 0 Å². The zero-order valence-corrected chi connectivity index (χ0v) is 14.4. The molecule has 1 saturated carbocycles. The Hall–Kier alpha value is -2.22. The second-order valence-corrected chi connectivity index (χ2v) is 7.08. The van der Waals surface area contributed by atoms with Gasteiger partial charge in [-0.25, -0.2) is 9.97 Å². The molecule has 0 N–H and O–H groups in total. The maximum Gasteiger partial charge on any atom is 0.159 e. The van der Waals surface area contributed by atoms with Gasteiger partial charge >= 0.3 is 0 Å². The Morgan fingerprint density at radius 2 is 1.71 bits per heavy atom. The average molecular weight is 316 g/mol. The van der Waals surface area contributed by atoms with Gasteiger partial charge in [0.1, 0.15) is 0 Å². The molecule has 0 radical (unpaired) electrons. The molecule has 2 unspecified atom stereocenters. The van der Waals surface area contributed by atoms with Crippen LogP contribution in [0.4, 0.5) is 0 Å². The number of aryl methyl sites for hydroxylation is 1. The molecule has 1 aromatic heterocycles. The summed E-state index contributed by atoms with van der Waals surface area (Å²) in [5.74, 6) is 2.35. The molecule has 4 rings (SSSR count). The van der Waals surface area contributed by atoms with Crippen LogP contribution in [-0.2, 0) is 0 Å². The van der Waals surface area contributed by atoms with Crippen molar-refractivity contribution in [3.05, 3.63) is 71.6 Å². The Kier molecular flexibility index (Phi) is 4.05. The van der Waals surface area contributed by atoms with Gasteiger partial charge in [-0.05, 0) is 37.2 Å². The molecular formula is C22H24N2. The van der Waals surface area contributed by atoms with Crippen LogP contribution in [0, 0.1) is 12.8 Å². The van der Waals surface area contributed by atoms with Gasteiger partial charge in [0.05, 0.1) is 5.69 Å². The second kappa shape index (κ2) is 6.35. The summed E-state index contributed by atoms with van der Waals surface area (Å²) in [5.41, 5.74) is 4.93. The molecule has 0 saturated heterocycles. The predicted octanol–water partition coefficient (Wildman–Crippen LogP) is 5.57. The number of rotatable bonds is 3. The number of benzene rings is 1. The first-order chi connectivity index (χ1) is 11.7. The summed E-state index contributed by atoms with van der Waals surface area (Å²) >= 11 is 0. The van der Waals surface area contributed by atoms with Crippen molar-refractivity contribution in [1.82, 2.24) is 9.97 Å². The van der Waals surface area contributed by atoms with E-state index in [2.05, 4.69) is 62.4 Å². The summed E-state index contributed by atoms with van der Waals surface area (Å²) in [6.07, 6.45) is 12.8. The van der Waals surface area contributed by atoms with E-state index in [0.717, 1.165) is 11.4 Å². The van der Waals surface area contributed by atoms with E-state index in [-0.39, 0.29) is 0 Å². The molecular weight excluding hydrogens is 292 g/mol. The van der Waals surface area contributed by atoms with E-state index in [1.807, 2.05) is 6.07 Å². The van der Waals surface area contributed by atoms with Crippen LogP contribution in [0.2, 0.25) is 0 Å². The summed E-state index contributed by atoms with van der Waals surface area (Å²) in [6, 6.07) is 10.3. The maximum atomic E-state index is 5.08. The van der Waals surface area contributed by atoms with Crippen molar-refractivity contribution in [3.8, 4) is 11.4 Å². The first-order valence-electron chi connectivity index (χ1n) is 9.03. The van der Waals surface area contributed by atoms with Crippen LogP contribution in [-0.4, -0.2) is 9.97 Å². The first-order valence-corrected chi connectivity index (χ1v) is 9.03. The van der Waals surface area contributed by atoms with E-state index in [1.54, 1.807) is 0 Å².